The number of aromatic nitrogens is 1. The average molecular weight is 386 g/mol. The van der Waals surface area contributed by atoms with Crippen LogP contribution >= 0.6 is 15.9 Å². The summed E-state index contributed by atoms with van der Waals surface area (Å²) in [5.74, 6) is -2.11. The highest BCUT2D eigenvalue weighted by Crippen LogP contribution is 2.31. The molecular weight excluding hydrogens is 376 g/mol. The summed E-state index contributed by atoms with van der Waals surface area (Å²) in [5, 5.41) is -0.0949. The van der Waals surface area contributed by atoms with Crippen LogP contribution in [0.1, 0.15) is 5.56 Å². The molecule has 1 heterocycles. The smallest absolute Gasteiger partial charge is 0.240 e. The predicted molar refractivity (Wildman–Crippen MR) is 83.3 cm³/mol. The van der Waals surface area contributed by atoms with Crippen molar-refractivity contribution in [2.45, 2.75) is 11.8 Å². The van der Waals surface area contributed by atoms with Gasteiger partial charge in [0.2, 0.25) is 0 Å². The van der Waals surface area contributed by atoms with Crippen LogP contribution in [0.15, 0.2) is 52.0 Å². The molecule has 0 aliphatic rings. The highest BCUT2D eigenvalue weighted by molar-refractivity contribution is 9.10. The number of fused-ring (bicyclic) bond motifs is 1. The molecule has 0 atom stereocenters. The van der Waals surface area contributed by atoms with Crippen molar-refractivity contribution >= 4 is 36.9 Å². The fourth-order valence-corrected chi connectivity index (χ4v) is 4.31. The molecular formula is C15H10BrF2NO2S. The van der Waals surface area contributed by atoms with Crippen LogP contribution in [0.5, 0.6) is 0 Å². The van der Waals surface area contributed by atoms with Gasteiger partial charge in [0, 0.05) is 16.1 Å². The van der Waals surface area contributed by atoms with Crippen LogP contribution < -0.4 is 0 Å². The largest absolute Gasteiger partial charge is 0.268 e. The summed E-state index contributed by atoms with van der Waals surface area (Å²) in [6, 6.07) is 8.46. The van der Waals surface area contributed by atoms with Crippen molar-refractivity contribution in [3.63, 3.8) is 0 Å². The first-order valence-corrected chi connectivity index (χ1v) is 8.52. The molecule has 1 aromatic heterocycles. The number of aryl methyl sites for hydroxylation is 1. The molecule has 0 fully saturated rings. The Morgan fingerprint density at radius 3 is 2.36 bits per heavy atom. The van der Waals surface area contributed by atoms with E-state index in [1.807, 2.05) is 6.92 Å². The second kappa shape index (κ2) is 5.17. The second-order valence-corrected chi connectivity index (χ2v) is 7.52. The summed E-state index contributed by atoms with van der Waals surface area (Å²) in [7, 11) is -3.89. The minimum atomic E-state index is -3.89. The van der Waals surface area contributed by atoms with Gasteiger partial charge in [0.25, 0.3) is 10.0 Å². The molecule has 0 aliphatic heterocycles. The fourth-order valence-electron chi connectivity index (χ4n) is 2.22. The maximum absolute atomic E-state index is 13.8. The molecule has 0 N–H and O–H groups in total. The molecule has 7 heteroatoms. The molecule has 2 aromatic carbocycles. The molecule has 0 aliphatic carbocycles. The Kier molecular flexibility index (Phi) is 3.57. The van der Waals surface area contributed by atoms with Crippen LogP contribution in [0, 0.1) is 18.6 Å². The van der Waals surface area contributed by atoms with Crippen molar-refractivity contribution in [3.8, 4) is 0 Å². The highest BCUT2D eigenvalue weighted by atomic mass is 79.9. The summed E-state index contributed by atoms with van der Waals surface area (Å²) in [6.45, 7) is 1.84. The van der Waals surface area contributed by atoms with Gasteiger partial charge in [-0.15, -0.1) is 0 Å². The lowest BCUT2D eigenvalue weighted by atomic mass is 10.2. The van der Waals surface area contributed by atoms with Gasteiger partial charge in [-0.1, -0.05) is 17.7 Å². The van der Waals surface area contributed by atoms with Gasteiger partial charge in [-0.25, -0.2) is 21.2 Å². The molecule has 0 saturated heterocycles. The zero-order valence-corrected chi connectivity index (χ0v) is 13.7. The Bertz CT molecular complexity index is 979. The van der Waals surface area contributed by atoms with Crippen LogP contribution in [-0.2, 0) is 10.0 Å². The summed E-state index contributed by atoms with van der Waals surface area (Å²) in [5.41, 5.74) is 0.991. The molecule has 0 spiro atoms. The zero-order chi connectivity index (χ0) is 16.1. The number of hydrogen-bond acceptors (Lipinski definition) is 2. The van der Waals surface area contributed by atoms with Crippen LogP contribution in [0.2, 0.25) is 0 Å². The van der Waals surface area contributed by atoms with Gasteiger partial charge in [-0.2, -0.15) is 0 Å². The summed E-state index contributed by atoms with van der Waals surface area (Å²) in [6.07, 6.45) is 1.22. The van der Waals surface area contributed by atoms with Gasteiger partial charge in [0.05, 0.1) is 10.4 Å². The van der Waals surface area contributed by atoms with Gasteiger partial charge in [0.15, 0.2) is 11.6 Å². The van der Waals surface area contributed by atoms with E-state index in [2.05, 4.69) is 15.9 Å². The quantitative estimate of drug-likeness (QED) is 0.619. The van der Waals surface area contributed by atoms with Gasteiger partial charge in [-0.05, 0) is 47.1 Å². The third-order valence-corrected chi connectivity index (χ3v) is 5.65. The van der Waals surface area contributed by atoms with Gasteiger partial charge in [-0.3, -0.25) is 0 Å². The second-order valence-electron chi connectivity index (χ2n) is 4.85. The van der Waals surface area contributed by atoms with E-state index in [0.717, 1.165) is 15.6 Å². The first kappa shape index (κ1) is 15.2. The van der Waals surface area contributed by atoms with E-state index in [-0.39, 0.29) is 20.3 Å². The Hall–Kier alpha value is -1.73. The molecule has 3 nitrogen and oxygen atoms in total. The third kappa shape index (κ3) is 2.24. The lowest BCUT2D eigenvalue weighted by molar-refractivity contribution is 0.516. The Labute approximate surface area is 134 Å². The first-order chi connectivity index (χ1) is 10.3. The maximum atomic E-state index is 13.8. The summed E-state index contributed by atoms with van der Waals surface area (Å²) < 4.78 is 53.8. The van der Waals surface area contributed by atoms with Gasteiger partial charge < -0.3 is 0 Å². The zero-order valence-electron chi connectivity index (χ0n) is 11.3. The molecule has 0 saturated carbocycles. The molecule has 3 rings (SSSR count). The van der Waals surface area contributed by atoms with Crippen LogP contribution in [0.25, 0.3) is 10.9 Å². The van der Waals surface area contributed by atoms with Crippen molar-refractivity contribution in [1.82, 2.24) is 3.97 Å². The Balaban J connectivity index is 2.31. The molecule has 0 bridgehead atoms. The van der Waals surface area contributed by atoms with E-state index in [4.69, 9.17) is 0 Å². The summed E-state index contributed by atoms with van der Waals surface area (Å²) in [4.78, 5) is 0.0761. The number of hydrogen-bond donors (Lipinski definition) is 0. The number of halogens is 3. The lowest BCUT2D eigenvalue weighted by Crippen LogP contribution is -2.12. The predicted octanol–water partition coefficient (Wildman–Crippen LogP) is 4.23. The van der Waals surface area contributed by atoms with Gasteiger partial charge in [0.1, 0.15) is 0 Å². The molecule has 0 radical (unpaired) electrons. The van der Waals surface area contributed by atoms with Crippen molar-refractivity contribution in [3.05, 3.63) is 64.3 Å². The van der Waals surface area contributed by atoms with Crippen molar-refractivity contribution < 1.29 is 17.2 Å². The van der Waals surface area contributed by atoms with Gasteiger partial charge >= 0.3 is 0 Å². The molecule has 0 amide bonds. The molecule has 114 valence electrons. The number of benzene rings is 2. The van der Waals surface area contributed by atoms with Crippen molar-refractivity contribution in [1.29, 1.82) is 0 Å². The average Bonchev–Trinajstić information content (AvgIpc) is 2.91. The van der Waals surface area contributed by atoms with Crippen molar-refractivity contribution in [2.75, 3.05) is 0 Å². The van der Waals surface area contributed by atoms with E-state index >= 15 is 0 Å². The standard InChI is InChI=1S/C15H10BrF2NO2S/c1-9-2-4-10(5-3-9)22(20,21)19-7-6-11-14(18)13(17)8-12(16)15(11)19/h2-8H,1H3. The molecule has 0 unspecified atom stereocenters. The third-order valence-electron chi connectivity index (χ3n) is 3.36. The SMILES string of the molecule is Cc1ccc(S(=O)(=O)n2ccc3c(F)c(F)cc(Br)c32)cc1. The lowest BCUT2D eigenvalue weighted by Gasteiger charge is -2.09. The van der Waals surface area contributed by atoms with E-state index in [0.29, 0.717) is 0 Å². The van der Waals surface area contributed by atoms with E-state index in [9.17, 15) is 17.2 Å². The molecule has 22 heavy (non-hydrogen) atoms. The minimum absolute atomic E-state index is 0.0690. The highest BCUT2D eigenvalue weighted by Gasteiger charge is 2.23. The summed E-state index contributed by atoms with van der Waals surface area (Å²) >= 11 is 3.10. The normalized spacial score (nSPS) is 12.0. The molecule has 3 aromatic rings. The Morgan fingerprint density at radius 2 is 1.73 bits per heavy atom. The van der Waals surface area contributed by atoms with Crippen LogP contribution in [0.3, 0.4) is 0 Å². The van der Waals surface area contributed by atoms with E-state index in [1.165, 1.54) is 24.4 Å². The number of nitrogens with zero attached hydrogens (tertiary/aromatic N) is 1. The monoisotopic (exact) mass is 385 g/mol. The number of rotatable bonds is 2. The minimum Gasteiger partial charge on any atom is -0.240 e. The van der Waals surface area contributed by atoms with E-state index < -0.39 is 21.7 Å². The first-order valence-electron chi connectivity index (χ1n) is 6.29. The Morgan fingerprint density at radius 1 is 1.09 bits per heavy atom. The van der Waals surface area contributed by atoms with Crippen LogP contribution in [0.4, 0.5) is 8.78 Å². The topological polar surface area (TPSA) is 39.1 Å². The van der Waals surface area contributed by atoms with Crippen molar-refractivity contribution in [2.24, 2.45) is 0 Å². The fraction of sp³-hybridized carbons (Fsp3) is 0.0667. The van der Waals surface area contributed by atoms with Crippen LogP contribution in [-0.4, -0.2) is 12.4 Å². The van der Waals surface area contributed by atoms with E-state index in [1.54, 1.807) is 12.1 Å². The maximum Gasteiger partial charge on any atom is 0.268 e.